The van der Waals surface area contributed by atoms with Gasteiger partial charge in [-0.2, -0.15) is 0 Å². The highest BCUT2D eigenvalue weighted by Gasteiger charge is 2.30. The highest BCUT2D eigenvalue weighted by atomic mass is 16.5. The minimum Gasteiger partial charge on any atom is -0.361 e. The van der Waals surface area contributed by atoms with Gasteiger partial charge in [0.15, 0.2) is 0 Å². The van der Waals surface area contributed by atoms with Crippen LogP contribution in [0.1, 0.15) is 53.8 Å². The van der Waals surface area contributed by atoms with Gasteiger partial charge < -0.3 is 9.42 Å². The lowest BCUT2D eigenvalue weighted by atomic mass is 10.1. The van der Waals surface area contributed by atoms with E-state index in [0.717, 1.165) is 47.9 Å². The molecule has 0 unspecified atom stereocenters. The lowest BCUT2D eigenvalue weighted by Gasteiger charge is -2.24. The monoisotopic (exact) mass is 314 g/mol. The van der Waals surface area contributed by atoms with E-state index in [9.17, 15) is 4.79 Å². The van der Waals surface area contributed by atoms with E-state index in [1.165, 1.54) is 0 Å². The zero-order valence-corrected chi connectivity index (χ0v) is 13.9. The predicted molar refractivity (Wildman–Crippen MR) is 84.8 cm³/mol. The molecule has 3 rings (SSSR count). The Labute approximate surface area is 135 Å². The topological polar surface area (TPSA) is 72.1 Å². The normalized spacial score (nSPS) is 17.7. The molecule has 1 aliphatic heterocycles. The van der Waals surface area contributed by atoms with Gasteiger partial charge in [-0.05, 0) is 46.1 Å². The molecule has 1 fully saturated rings. The molecule has 6 nitrogen and oxygen atoms in total. The summed E-state index contributed by atoms with van der Waals surface area (Å²) in [7, 11) is 0. The summed E-state index contributed by atoms with van der Waals surface area (Å²) in [4.78, 5) is 23.3. The van der Waals surface area contributed by atoms with Gasteiger partial charge in [-0.3, -0.25) is 4.79 Å². The van der Waals surface area contributed by atoms with Crippen LogP contribution in [-0.2, 0) is 11.2 Å². The molecule has 1 aliphatic rings. The number of nitrogens with zero attached hydrogens (tertiary/aromatic N) is 4. The molecule has 0 bridgehead atoms. The molecule has 0 aromatic carbocycles. The number of aromatic nitrogens is 3. The third-order valence-corrected chi connectivity index (χ3v) is 4.48. The van der Waals surface area contributed by atoms with E-state index < -0.39 is 0 Å². The average molecular weight is 314 g/mol. The molecule has 0 spiro atoms. The zero-order chi connectivity index (χ0) is 16.4. The lowest BCUT2D eigenvalue weighted by molar-refractivity contribution is -0.132. The average Bonchev–Trinajstić information content (AvgIpc) is 3.13. The number of aryl methyl sites for hydroxylation is 3. The van der Waals surface area contributed by atoms with Gasteiger partial charge in [0.1, 0.15) is 11.6 Å². The van der Waals surface area contributed by atoms with Gasteiger partial charge in [0.05, 0.1) is 17.4 Å². The summed E-state index contributed by atoms with van der Waals surface area (Å²) in [5.41, 5.74) is 2.87. The number of rotatable bonds is 4. The maximum Gasteiger partial charge on any atom is 0.223 e. The molecule has 23 heavy (non-hydrogen) atoms. The highest BCUT2D eigenvalue weighted by Crippen LogP contribution is 2.31. The van der Waals surface area contributed by atoms with Crippen LogP contribution in [0.4, 0.5) is 0 Å². The molecule has 1 atom stereocenters. The van der Waals surface area contributed by atoms with Crippen molar-refractivity contribution in [2.45, 2.75) is 52.5 Å². The Balaban J connectivity index is 1.69. The quantitative estimate of drug-likeness (QED) is 0.867. The largest absolute Gasteiger partial charge is 0.361 e. The molecule has 0 radical (unpaired) electrons. The molecule has 122 valence electrons. The molecule has 1 amide bonds. The highest BCUT2D eigenvalue weighted by molar-refractivity contribution is 5.77. The third-order valence-electron chi connectivity index (χ3n) is 4.48. The number of carbonyl (C=O) groups excluding carboxylic acids is 1. The first-order chi connectivity index (χ1) is 11.1. The molecular formula is C17H22N4O2. The summed E-state index contributed by atoms with van der Waals surface area (Å²) in [6, 6.07) is 1.99. The van der Waals surface area contributed by atoms with Crippen LogP contribution in [0.3, 0.4) is 0 Å². The Kier molecular flexibility index (Phi) is 4.41. The third kappa shape index (κ3) is 3.25. The van der Waals surface area contributed by atoms with Crippen LogP contribution >= 0.6 is 0 Å². The van der Waals surface area contributed by atoms with E-state index >= 15 is 0 Å². The maximum absolute atomic E-state index is 12.7. The van der Waals surface area contributed by atoms with Crippen LogP contribution in [0.15, 0.2) is 16.8 Å². The van der Waals surface area contributed by atoms with Crippen LogP contribution in [0.5, 0.6) is 0 Å². The van der Waals surface area contributed by atoms with Gasteiger partial charge in [0, 0.05) is 24.7 Å². The van der Waals surface area contributed by atoms with Crippen LogP contribution in [0, 0.1) is 20.8 Å². The summed E-state index contributed by atoms with van der Waals surface area (Å²) in [6.07, 6.45) is 4.90. The van der Waals surface area contributed by atoms with Gasteiger partial charge in [-0.1, -0.05) is 5.16 Å². The summed E-state index contributed by atoms with van der Waals surface area (Å²) in [5, 5.41) is 3.95. The van der Waals surface area contributed by atoms with Gasteiger partial charge in [0.25, 0.3) is 0 Å². The number of hydrogen-bond acceptors (Lipinski definition) is 5. The number of amides is 1. The van der Waals surface area contributed by atoms with Crippen molar-refractivity contribution in [1.82, 2.24) is 20.0 Å². The Hall–Kier alpha value is -2.24. The zero-order valence-electron chi connectivity index (χ0n) is 13.9. The van der Waals surface area contributed by atoms with Crippen molar-refractivity contribution in [2.24, 2.45) is 0 Å². The van der Waals surface area contributed by atoms with E-state index in [4.69, 9.17) is 4.52 Å². The van der Waals surface area contributed by atoms with Crippen molar-refractivity contribution in [3.63, 3.8) is 0 Å². The Morgan fingerprint density at radius 1 is 1.39 bits per heavy atom. The number of likely N-dealkylation sites (tertiary alicyclic amines) is 1. The van der Waals surface area contributed by atoms with Crippen molar-refractivity contribution < 1.29 is 9.32 Å². The second kappa shape index (κ2) is 6.48. The first-order valence-corrected chi connectivity index (χ1v) is 8.07. The molecule has 2 aromatic heterocycles. The Bertz CT molecular complexity index is 691. The van der Waals surface area contributed by atoms with Crippen LogP contribution in [-0.4, -0.2) is 32.5 Å². The van der Waals surface area contributed by atoms with Crippen molar-refractivity contribution in [3.8, 4) is 0 Å². The fourth-order valence-corrected chi connectivity index (χ4v) is 3.27. The minimum absolute atomic E-state index is 0.0777. The summed E-state index contributed by atoms with van der Waals surface area (Å²) in [6.45, 7) is 6.48. The summed E-state index contributed by atoms with van der Waals surface area (Å²) < 4.78 is 5.16. The maximum atomic E-state index is 12.7. The van der Waals surface area contributed by atoms with E-state index in [1.54, 1.807) is 6.20 Å². The summed E-state index contributed by atoms with van der Waals surface area (Å²) >= 11 is 0. The van der Waals surface area contributed by atoms with Crippen molar-refractivity contribution in [2.75, 3.05) is 6.54 Å². The Morgan fingerprint density at radius 2 is 2.22 bits per heavy atom. The number of hydrogen-bond donors (Lipinski definition) is 0. The van der Waals surface area contributed by atoms with E-state index in [1.807, 2.05) is 31.7 Å². The van der Waals surface area contributed by atoms with Crippen molar-refractivity contribution in [3.05, 3.63) is 40.8 Å². The molecule has 2 aromatic rings. The molecule has 0 aliphatic carbocycles. The summed E-state index contributed by atoms with van der Waals surface area (Å²) in [5.74, 6) is 1.72. The Morgan fingerprint density at radius 3 is 2.91 bits per heavy atom. The lowest BCUT2D eigenvalue weighted by Crippen LogP contribution is -2.31. The van der Waals surface area contributed by atoms with E-state index in [2.05, 4.69) is 15.1 Å². The standard InChI is InChI=1S/C17H22N4O2/c1-11-14(12(2)23-20-11)6-7-17(22)21-10-4-5-16(21)15-8-9-18-13(3)19-15/h8-9,16H,4-7,10H2,1-3H3/t16-/m0/s1. The fourth-order valence-electron chi connectivity index (χ4n) is 3.27. The number of carbonyl (C=O) groups is 1. The first kappa shape index (κ1) is 15.6. The predicted octanol–water partition coefficient (Wildman–Crippen LogP) is 2.69. The minimum atomic E-state index is 0.0777. The molecule has 6 heteroatoms. The molecule has 1 saturated heterocycles. The second-order valence-corrected chi connectivity index (χ2v) is 6.08. The van der Waals surface area contributed by atoms with Gasteiger partial charge >= 0.3 is 0 Å². The van der Waals surface area contributed by atoms with E-state index in [0.29, 0.717) is 12.8 Å². The SMILES string of the molecule is Cc1nccc([C@@H]2CCCN2C(=O)CCc2c(C)noc2C)n1. The van der Waals surface area contributed by atoms with Gasteiger partial charge in [-0.25, -0.2) is 9.97 Å². The first-order valence-electron chi connectivity index (χ1n) is 8.07. The molecule has 0 N–H and O–H groups in total. The van der Waals surface area contributed by atoms with Crippen molar-refractivity contribution in [1.29, 1.82) is 0 Å². The van der Waals surface area contributed by atoms with Crippen LogP contribution in [0.25, 0.3) is 0 Å². The molecule has 3 heterocycles. The van der Waals surface area contributed by atoms with Crippen LogP contribution < -0.4 is 0 Å². The smallest absolute Gasteiger partial charge is 0.223 e. The second-order valence-electron chi connectivity index (χ2n) is 6.08. The van der Waals surface area contributed by atoms with Gasteiger partial charge in [0.2, 0.25) is 5.91 Å². The van der Waals surface area contributed by atoms with Crippen molar-refractivity contribution >= 4 is 5.91 Å². The molecular weight excluding hydrogens is 292 g/mol. The fraction of sp³-hybridized carbons (Fsp3) is 0.529. The van der Waals surface area contributed by atoms with Crippen LogP contribution in [0.2, 0.25) is 0 Å². The molecule has 0 saturated carbocycles. The van der Waals surface area contributed by atoms with E-state index in [-0.39, 0.29) is 11.9 Å². The van der Waals surface area contributed by atoms with Gasteiger partial charge in [-0.15, -0.1) is 0 Å².